The number of nitrogen functional groups attached to an aromatic ring is 1. The molecular formula is C9H10N2O3. The summed E-state index contributed by atoms with van der Waals surface area (Å²) in [6, 6.07) is 2.70. The first-order valence-corrected chi connectivity index (χ1v) is 3.81. The van der Waals surface area contributed by atoms with Gasteiger partial charge in [0.15, 0.2) is 0 Å². The second-order valence-corrected chi connectivity index (χ2v) is 2.63. The van der Waals surface area contributed by atoms with Crippen LogP contribution in [-0.2, 0) is 0 Å². The lowest BCUT2D eigenvalue weighted by molar-refractivity contribution is 0.0693. The number of aromatic carboxylic acids is 1. The molecule has 5 nitrogen and oxygen atoms in total. The van der Waals surface area contributed by atoms with Gasteiger partial charge in [0.05, 0.1) is 7.11 Å². The van der Waals surface area contributed by atoms with E-state index in [9.17, 15) is 4.79 Å². The number of hydrogen-bond acceptors (Lipinski definition) is 4. The molecule has 0 unspecified atom stereocenters. The van der Waals surface area contributed by atoms with Gasteiger partial charge in [-0.25, -0.2) is 4.79 Å². The van der Waals surface area contributed by atoms with Crippen LogP contribution in [0.5, 0.6) is 5.75 Å². The van der Waals surface area contributed by atoms with Crippen molar-refractivity contribution in [1.29, 1.82) is 5.41 Å². The van der Waals surface area contributed by atoms with Crippen molar-refractivity contribution in [2.75, 3.05) is 12.8 Å². The van der Waals surface area contributed by atoms with E-state index >= 15 is 0 Å². The van der Waals surface area contributed by atoms with Gasteiger partial charge in [-0.05, 0) is 6.07 Å². The highest BCUT2D eigenvalue weighted by molar-refractivity contribution is 5.96. The summed E-state index contributed by atoms with van der Waals surface area (Å²) in [6.07, 6.45) is 1.00. The molecule has 0 amide bonds. The zero-order valence-corrected chi connectivity index (χ0v) is 7.57. The maximum atomic E-state index is 10.8. The van der Waals surface area contributed by atoms with Crippen LogP contribution in [0.4, 0.5) is 5.69 Å². The number of nitrogens with one attached hydrogen (secondary N) is 1. The molecule has 0 aromatic heterocycles. The van der Waals surface area contributed by atoms with Gasteiger partial charge in [0, 0.05) is 23.5 Å². The number of carboxylic acid groups (broad SMARTS) is 1. The molecule has 0 aliphatic heterocycles. The molecule has 0 aliphatic carbocycles. The third kappa shape index (κ3) is 1.66. The Hall–Kier alpha value is -2.04. The molecule has 0 bridgehead atoms. The van der Waals surface area contributed by atoms with Crippen LogP contribution in [0, 0.1) is 5.41 Å². The quantitative estimate of drug-likeness (QED) is 0.493. The van der Waals surface area contributed by atoms with Crippen molar-refractivity contribution in [3.63, 3.8) is 0 Å². The number of anilines is 1. The summed E-state index contributed by atoms with van der Waals surface area (Å²) in [7, 11) is 1.37. The van der Waals surface area contributed by atoms with E-state index in [4.69, 9.17) is 21.0 Å². The van der Waals surface area contributed by atoms with E-state index in [1.165, 1.54) is 19.2 Å². The summed E-state index contributed by atoms with van der Waals surface area (Å²) < 4.78 is 4.85. The molecule has 0 fully saturated rings. The van der Waals surface area contributed by atoms with Gasteiger partial charge in [-0.2, -0.15) is 0 Å². The van der Waals surface area contributed by atoms with Crippen LogP contribution in [-0.4, -0.2) is 24.4 Å². The number of benzene rings is 1. The number of carbonyl (C=O) groups is 1. The second-order valence-electron chi connectivity index (χ2n) is 2.63. The van der Waals surface area contributed by atoms with Crippen molar-refractivity contribution in [2.24, 2.45) is 0 Å². The average Bonchev–Trinajstić information content (AvgIpc) is 2.16. The predicted octanol–water partition coefficient (Wildman–Crippen LogP) is 0.973. The molecule has 0 saturated carbocycles. The monoisotopic (exact) mass is 194 g/mol. The van der Waals surface area contributed by atoms with Gasteiger partial charge in [0.1, 0.15) is 11.3 Å². The van der Waals surface area contributed by atoms with Gasteiger partial charge in [-0.3, -0.25) is 0 Å². The Morgan fingerprint density at radius 3 is 2.71 bits per heavy atom. The van der Waals surface area contributed by atoms with Gasteiger partial charge in [0.2, 0.25) is 0 Å². The first kappa shape index (κ1) is 10.0. The zero-order chi connectivity index (χ0) is 10.7. The third-order valence-corrected chi connectivity index (χ3v) is 1.79. The molecular weight excluding hydrogens is 184 g/mol. The molecule has 1 aromatic carbocycles. The minimum Gasteiger partial charge on any atom is -0.496 e. The smallest absolute Gasteiger partial charge is 0.339 e. The normalized spacial score (nSPS) is 9.50. The lowest BCUT2D eigenvalue weighted by atomic mass is 10.1. The maximum absolute atomic E-state index is 10.8. The standard InChI is InChI=1S/C9H10N2O3/c1-14-8-3-7(11)5(4-10)2-6(8)9(12)13/h2-4,10H,11H2,1H3,(H,12,13). The number of hydrogen-bond donors (Lipinski definition) is 3. The summed E-state index contributed by atoms with van der Waals surface area (Å²) in [5, 5.41) is 15.8. The van der Waals surface area contributed by atoms with Crippen molar-refractivity contribution in [1.82, 2.24) is 0 Å². The van der Waals surface area contributed by atoms with Crippen molar-refractivity contribution in [3.8, 4) is 5.75 Å². The van der Waals surface area contributed by atoms with Gasteiger partial charge >= 0.3 is 5.97 Å². The molecule has 0 saturated heterocycles. The molecule has 1 rings (SSSR count). The number of carboxylic acids is 1. The van der Waals surface area contributed by atoms with Gasteiger partial charge in [0.25, 0.3) is 0 Å². The molecule has 4 N–H and O–H groups in total. The molecule has 5 heteroatoms. The van der Waals surface area contributed by atoms with E-state index in [0.29, 0.717) is 11.3 Å². The zero-order valence-electron chi connectivity index (χ0n) is 7.57. The summed E-state index contributed by atoms with van der Waals surface area (Å²) >= 11 is 0. The van der Waals surface area contributed by atoms with Gasteiger partial charge < -0.3 is 21.0 Å². The van der Waals surface area contributed by atoms with Crippen LogP contribution in [0.15, 0.2) is 12.1 Å². The third-order valence-electron chi connectivity index (χ3n) is 1.79. The summed E-state index contributed by atoms with van der Waals surface area (Å²) in [5.74, 6) is -0.912. The topological polar surface area (TPSA) is 96.4 Å². The maximum Gasteiger partial charge on any atom is 0.339 e. The van der Waals surface area contributed by atoms with E-state index < -0.39 is 5.97 Å². The predicted molar refractivity (Wildman–Crippen MR) is 52.3 cm³/mol. The Labute approximate surface area is 80.6 Å². The molecule has 14 heavy (non-hydrogen) atoms. The van der Waals surface area contributed by atoms with Crippen LogP contribution in [0.25, 0.3) is 0 Å². The van der Waals surface area contributed by atoms with E-state index in [1.807, 2.05) is 0 Å². The fraction of sp³-hybridized carbons (Fsp3) is 0.111. The number of ether oxygens (including phenoxy) is 1. The van der Waals surface area contributed by atoms with Crippen molar-refractivity contribution in [2.45, 2.75) is 0 Å². The van der Waals surface area contributed by atoms with E-state index in [1.54, 1.807) is 0 Å². The van der Waals surface area contributed by atoms with E-state index in [2.05, 4.69) is 0 Å². The number of rotatable bonds is 3. The first-order valence-electron chi connectivity index (χ1n) is 3.81. The minimum absolute atomic E-state index is 0.000185. The van der Waals surface area contributed by atoms with Crippen LogP contribution in [0.2, 0.25) is 0 Å². The van der Waals surface area contributed by atoms with Crippen molar-refractivity contribution < 1.29 is 14.6 Å². The molecule has 0 spiro atoms. The van der Waals surface area contributed by atoms with E-state index in [0.717, 1.165) is 6.21 Å². The van der Waals surface area contributed by atoms with Gasteiger partial charge in [-0.15, -0.1) is 0 Å². The highest BCUT2D eigenvalue weighted by Crippen LogP contribution is 2.24. The second kappa shape index (κ2) is 3.78. The Kier molecular flexibility index (Phi) is 2.71. The Morgan fingerprint density at radius 2 is 2.29 bits per heavy atom. The highest BCUT2D eigenvalue weighted by Gasteiger charge is 2.13. The molecule has 0 heterocycles. The van der Waals surface area contributed by atoms with Crippen LogP contribution in [0.3, 0.4) is 0 Å². The number of methoxy groups -OCH3 is 1. The summed E-state index contributed by atoms with van der Waals surface area (Å²) in [6.45, 7) is 0. The van der Waals surface area contributed by atoms with E-state index in [-0.39, 0.29) is 11.3 Å². The molecule has 0 aliphatic rings. The lowest BCUT2D eigenvalue weighted by Gasteiger charge is -2.07. The van der Waals surface area contributed by atoms with Crippen molar-refractivity contribution in [3.05, 3.63) is 23.3 Å². The minimum atomic E-state index is -1.11. The molecule has 1 aromatic rings. The molecule has 0 atom stereocenters. The summed E-state index contributed by atoms with van der Waals surface area (Å²) in [4.78, 5) is 10.8. The largest absolute Gasteiger partial charge is 0.496 e. The lowest BCUT2D eigenvalue weighted by Crippen LogP contribution is -2.04. The SMILES string of the molecule is COc1cc(N)c(C=N)cc1C(=O)O. The Bertz CT molecular complexity index is 388. The van der Waals surface area contributed by atoms with Crippen LogP contribution >= 0.6 is 0 Å². The van der Waals surface area contributed by atoms with Crippen molar-refractivity contribution >= 4 is 17.9 Å². The molecule has 74 valence electrons. The first-order chi connectivity index (χ1) is 6.60. The fourth-order valence-electron chi connectivity index (χ4n) is 1.07. The van der Waals surface area contributed by atoms with Gasteiger partial charge in [-0.1, -0.05) is 0 Å². The fourth-order valence-corrected chi connectivity index (χ4v) is 1.07. The van der Waals surface area contributed by atoms with Crippen LogP contribution < -0.4 is 10.5 Å². The highest BCUT2D eigenvalue weighted by atomic mass is 16.5. The Balaban J connectivity index is 3.39. The average molecular weight is 194 g/mol. The Morgan fingerprint density at radius 1 is 1.64 bits per heavy atom. The molecule has 0 radical (unpaired) electrons. The summed E-state index contributed by atoms with van der Waals surface area (Å²) in [5.41, 5.74) is 6.24. The number of nitrogens with two attached hydrogens (primary N) is 1. The van der Waals surface area contributed by atoms with Crippen LogP contribution in [0.1, 0.15) is 15.9 Å².